The van der Waals surface area contributed by atoms with Crippen LogP contribution in [0.4, 0.5) is 0 Å². The smallest absolute Gasteiger partial charge is 0.330 e. The molecule has 0 rings (SSSR count). The number of hydrogen-bond acceptors (Lipinski definition) is 2. The lowest BCUT2D eigenvalue weighted by atomic mass is 10.1. The average Bonchev–Trinajstić information content (AvgIpc) is 2.21. The van der Waals surface area contributed by atoms with Gasteiger partial charge in [0.15, 0.2) is 0 Å². The third-order valence-corrected chi connectivity index (χ3v) is 1.87. The SMILES string of the molecule is CCC/C=C(/C=C/C(=O)OC)CCC. The van der Waals surface area contributed by atoms with E-state index in [2.05, 4.69) is 24.7 Å². The summed E-state index contributed by atoms with van der Waals surface area (Å²) in [4.78, 5) is 10.9. The highest BCUT2D eigenvalue weighted by Crippen LogP contribution is 2.08. The maximum absolute atomic E-state index is 10.9. The Balaban J connectivity index is 4.21. The predicted octanol–water partition coefficient (Wildman–Crippen LogP) is 3.24. The molecule has 0 bridgehead atoms. The number of ether oxygens (including phenoxy) is 1. The first-order valence-electron chi connectivity index (χ1n) is 5.19. The molecule has 0 fully saturated rings. The highest BCUT2D eigenvalue weighted by atomic mass is 16.5. The first-order valence-corrected chi connectivity index (χ1v) is 5.19. The molecule has 0 atom stereocenters. The van der Waals surface area contributed by atoms with E-state index in [4.69, 9.17) is 0 Å². The fourth-order valence-electron chi connectivity index (χ4n) is 1.11. The van der Waals surface area contributed by atoms with E-state index in [0.29, 0.717) is 0 Å². The van der Waals surface area contributed by atoms with Gasteiger partial charge in [-0.1, -0.05) is 44.4 Å². The molecule has 0 heterocycles. The molecule has 0 aliphatic carbocycles. The second-order valence-electron chi connectivity index (χ2n) is 3.17. The Morgan fingerprint density at radius 1 is 1.21 bits per heavy atom. The molecule has 0 saturated carbocycles. The van der Waals surface area contributed by atoms with Crippen molar-refractivity contribution in [1.82, 2.24) is 0 Å². The zero-order valence-electron chi connectivity index (χ0n) is 9.38. The lowest BCUT2D eigenvalue weighted by molar-refractivity contribution is -0.134. The monoisotopic (exact) mass is 196 g/mol. The third-order valence-electron chi connectivity index (χ3n) is 1.87. The van der Waals surface area contributed by atoms with E-state index in [-0.39, 0.29) is 5.97 Å². The molecule has 0 spiro atoms. The minimum absolute atomic E-state index is 0.288. The number of hydrogen-bond donors (Lipinski definition) is 0. The van der Waals surface area contributed by atoms with Crippen molar-refractivity contribution < 1.29 is 9.53 Å². The van der Waals surface area contributed by atoms with Gasteiger partial charge in [0, 0.05) is 6.08 Å². The van der Waals surface area contributed by atoms with Crippen molar-refractivity contribution in [3.05, 3.63) is 23.8 Å². The number of carbonyl (C=O) groups is 1. The van der Waals surface area contributed by atoms with E-state index < -0.39 is 0 Å². The standard InChI is InChI=1S/C12H20O2/c1-4-6-8-11(7-5-2)9-10-12(13)14-3/h8-10H,4-7H2,1-3H3/b10-9+,11-8+. The van der Waals surface area contributed by atoms with Crippen molar-refractivity contribution in [3.63, 3.8) is 0 Å². The highest BCUT2D eigenvalue weighted by Gasteiger charge is 1.94. The van der Waals surface area contributed by atoms with Gasteiger partial charge in [-0.05, 0) is 12.8 Å². The molecule has 0 aromatic rings. The summed E-state index contributed by atoms with van der Waals surface area (Å²) in [5.74, 6) is -0.288. The number of carbonyl (C=O) groups excluding carboxylic acids is 1. The summed E-state index contributed by atoms with van der Waals surface area (Å²) in [6.45, 7) is 4.27. The fraction of sp³-hybridized carbons (Fsp3) is 0.583. The quantitative estimate of drug-likeness (QED) is 0.370. The molecule has 80 valence electrons. The fourth-order valence-corrected chi connectivity index (χ4v) is 1.11. The molecule has 0 aromatic carbocycles. The summed E-state index contributed by atoms with van der Waals surface area (Å²) in [6, 6.07) is 0. The Labute approximate surface area is 86.6 Å². The lowest BCUT2D eigenvalue weighted by Gasteiger charge is -1.99. The average molecular weight is 196 g/mol. The molecular formula is C12H20O2. The molecular weight excluding hydrogens is 176 g/mol. The molecule has 0 N–H and O–H groups in total. The van der Waals surface area contributed by atoms with Gasteiger partial charge >= 0.3 is 5.97 Å². The van der Waals surface area contributed by atoms with E-state index in [1.807, 2.05) is 6.08 Å². The second-order valence-corrected chi connectivity index (χ2v) is 3.17. The Morgan fingerprint density at radius 2 is 1.93 bits per heavy atom. The van der Waals surface area contributed by atoms with Crippen molar-refractivity contribution in [2.24, 2.45) is 0 Å². The minimum Gasteiger partial charge on any atom is -0.466 e. The normalized spacial score (nSPS) is 12.1. The second kappa shape index (κ2) is 8.54. The molecule has 2 nitrogen and oxygen atoms in total. The molecule has 0 unspecified atom stereocenters. The molecule has 2 heteroatoms. The lowest BCUT2D eigenvalue weighted by Crippen LogP contribution is -1.94. The van der Waals surface area contributed by atoms with Crippen molar-refractivity contribution in [1.29, 1.82) is 0 Å². The van der Waals surface area contributed by atoms with Crippen LogP contribution in [0.25, 0.3) is 0 Å². The molecule has 0 aliphatic heterocycles. The van der Waals surface area contributed by atoms with E-state index in [9.17, 15) is 4.79 Å². The molecule has 0 aromatic heterocycles. The maximum Gasteiger partial charge on any atom is 0.330 e. The number of unbranched alkanes of at least 4 members (excludes halogenated alkanes) is 1. The molecule has 14 heavy (non-hydrogen) atoms. The van der Waals surface area contributed by atoms with Gasteiger partial charge < -0.3 is 4.74 Å². The van der Waals surface area contributed by atoms with Crippen molar-refractivity contribution in [2.45, 2.75) is 39.5 Å². The molecule has 0 radical (unpaired) electrons. The summed E-state index contributed by atoms with van der Waals surface area (Å²) in [5, 5.41) is 0. The van der Waals surface area contributed by atoms with E-state index in [0.717, 1.165) is 25.7 Å². The number of rotatable bonds is 6. The van der Waals surface area contributed by atoms with Crippen LogP contribution in [0.5, 0.6) is 0 Å². The van der Waals surface area contributed by atoms with Crippen LogP contribution in [0.2, 0.25) is 0 Å². The Kier molecular flexibility index (Phi) is 7.90. The van der Waals surface area contributed by atoms with Crippen LogP contribution in [0.1, 0.15) is 39.5 Å². The summed E-state index contributed by atoms with van der Waals surface area (Å²) in [7, 11) is 1.39. The van der Waals surface area contributed by atoms with E-state index in [1.54, 1.807) is 0 Å². The molecule has 0 aliphatic rings. The van der Waals surface area contributed by atoms with Crippen LogP contribution in [0.3, 0.4) is 0 Å². The van der Waals surface area contributed by atoms with Crippen molar-refractivity contribution in [3.8, 4) is 0 Å². The highest BCUT2D eigenvalue weighted by molar-refractivity contribution is 5.82. The van der Waals surface area contributed by atoms with Gasteiger partial charge in [0.25, 0.3) is 0 Å². The van der Waals surface area contributed by atoms with Gasteiger partial charge in [0.2, 0.25) is 0 Å². The van der Waals surface area contributed by atoms with Gasteiger partial charge in [0.1, 0.15) is 0 Å². The van der Waals surface area contributed by atoms with Crippen molar-refractivity contribution >= 4 is 5.97 Å². The third kappa shape index (κ3) is 6.46. The summed E-state index contributed by atoms with van der Waals surface area (Å²) < 4.78 is 4.53. The predicted molar refractivity (Wildman–Crippen MR) is 59.1 cm³/mol. The number of methoxy groups -OCH3 is 1. The van der Waals surface area contributed by atoms with Gasteiger partial charge in [-0.2, -0.15) is 0 Å². The Hall–Kier alpha value is -1.05. The van der Waals surface area contributed by atoms with Crippen LogP contribution >= 0.6 is 0 Å². The van der Waals surface area contributed by atoms with Gasteiger partial charge in [-0.3, -0.25) is 0 Å². The summed E-state index contributed by atoms with van der Waals surface area (Å²) in [5.41, 5.74) is 1.22. The number of esters is 1. The Bertz CT molecular complexity index is 214. The summed E-state index contributed by atoms with van der Waals surface area (Å²) >= 11 is 0. The topological polar surface area (TPSA) is 26.3 Å². The number of allylic oxidation sites excluding steroid dienone is 3. The maximum atomic E-state index is 10.9. The summed E-state index contributed by atoms with van der Waals surface area (Å²) in [6.07, 6.45) is 9.85. The zero-order valence-corrected chi connectivity index (χ0v) is 9.38. The van der Waals surface area contributed by atoms with Crippen LogP contribution < -0.4 is 0 Å². The molecule has 0 amide bonds. The van der Waals surface area contributed by atoms with Gasteiger partial charge in [-0.25, -0.2) is 4.79 Å². The van der Waals surface area contributed by atoms with Crippen LogP contribution in [-0.2, 0) is 9.53 Å². The largest absolute Gasteiger partial charge is 0.466 e. The van der Waals surface area contributed by atoms with Crippen LogP contribution in [0, 0.1) is 0 Å². The van der Waals surface area contributed by atoms with Gasteiger partial charge in [0.05, 0.1) is 7.11 Å². The van der Waals surface area contributed by atoms with Crippen LogP contribution in [-0.4, -0.2) is 13.1 Å². The first-order chi connectivity index (χ1) is 6.74. The van der Waals surface area contributed by atoms with Gasteiger partial charge in [-0.15, -0.1) is 0 Å². The molecule has 0 saturated heterocycles. The van der Waals surface area contributed by atoms with E-state index >= 15 is 0 Å². The Morgan fingerprint density at radius 3 is 2.43 bits per heavy atom. The minimum atomic E-state index is -0.288. The zero-order chi connectivity index (χ0) is 10.8. The van der Waals surface area contributed by atoms with Crippen LogP contribution in [0.15, 0.2) is 23.8 Å². The first kappa shape index (κ1) is 12.9. The van der Waals surface area contributed by atoms with E-state index in [1.165, 1.54) is 18.8 Å². The van der Waals surface area contributed by atoms with Crippen molar-refractivity contribution in [2.75, 3.05) is 7.11 Å².